The van der Waals surface area contributed by atoms with Crippen LogP contribution >= 0.6 is 0 Å². The summed E-state index contributed by atoms with van der Waals surface area (Å²) in [5.74, 6) is 0.179. The molecule has 4 heterocycles. The monoisotopic (exact) mass is 475 g/mol. The zero-order valence-electron chi connectivity index (χ0n) is 19.7. The summed E-state index contributed by atoms with van der Waals surface area (Å²) in [5.41, 5.74) is 3.23. The molecule has 0 saturated carbocycles. The van der Waals surface area contributed by atoms with Crippen molar-refractivity contribution in [1.29, 1.82) is 0 Å². The minimum absolute atomic E-state index is 0.0395. The maximum atomic E-state index is 12.7. The Morgan fingerprint density at radius 2 is 1.74 bits per heavy atom. The van der Waals surface area contributed by atoms with Crippen molar-refractivity contribution in [1.82, 2.24) is 24.5 Å². The Hall–Kier alpha value is -4.28. The molecule has 0 aliphatic carbocycles. The quantitative estimate of drug-likeness (QED) is 0.324. The molecule has 3 aromatic heterocycles. The fourth-order valence-corrected chi connectivity index (χ4v) is 4.08. The molecule has 1 aliphatic rings. The Labute approximate surface area is 201 Å². The summed E-state index contributed by atoms with van der Waals surface area (Å²) in [6.07, 6.45) is 1.72. The number of fused-ring (bicyclic) bond motifs is 1. The number of furan rings is 1. The molecular formula is C24H25N7O4. The molecule has 1 amide bonds. The van der Waals surface area contributed by atoms with Crippen LogP contribution in [-0.2, 0) is 5.41 Å². The van der Waals surface area contributed by atoms with Gasteiger partial charge in [-0.25, -0.2) is 4.98 Å². The Bertz CT molecular complexity index is 1390. The number of carbonyl (C=O) groups is 1. The second-order valence-electron chi connectivity index (χ2n) is 9.46. The van der Waals surface area contributed by atoms with Crippen LogP contribution in [0.1, 0.15) is 36.9 Å². The van der Waals surface area contributed by atoms with Crippen LogP contribution in [0.2, 0.25) is 0 Å². The highest BCUT2D eigenvalue weighted by Crippen LogP contribution is 2.27. The molecule has 0 unspecified atom stereocenters. The number of rotatable bonds is 4. The van der Waals surface area contributed by atoms with Gasteiger partial charge in [-0.05, 0) is 23.1 Å². The van der Waals surface area contributed by atoms with E-state index in [2.05, 4.69) is 55.0 Å². The minimum atomic E-state index is -0.662. The van der Waals surface area contributed by atoms with Gasteiger partial charge in [-0.2, -0.15) is 9.50 Å². The van der Waals surface area contributed by atoms with E-state index >= 15 is 0 Å². The third kappa shape index (κ3) is 4.32. The van der Waals surface area contributed by atoms with E-state index in [1.54, 1.807) is 15.6 Å². The molecule has 0 spiro atoms. The molecule has 11 heteroatoms. The lowest BCUT2D eigenvalue weighted by atomic mass is 9.86. The number of nitro groups is 1. The molecule has 0 atom stereocenters. The third-order valence-corrected chi connectivity index (χ3v) is 6.11. The van der Waals surface area contributed by atoms with Gasteiger partial charge in [-0.15, -0.1) is 5.10 Å². The summed E-state index contributed by atoms with van der Waals surface area (Å²) in [6.45, 7) is 8.41. The summed E-state index contributed by atoms with van der Waals surface area (Å²) >= 11 is 0. The predicted octanol–water partition coefficient (Wildman–Crippen LogP) is 3.55. The molecular weight excluding hydrogens is 450 g/mol. The number of carbonyl (C=O) groups excluding carboxylic acids is 1. The first-order valence-corrected chi connectivity index (χ1v) is 11.3. The van der Waals surface area contributed by atoms with Gasteiger partial charge in [0.25, 0.3) is 11.7 Å². The molecule has 1 aliphatic heterocycles. The van der Waals surface area contributed by atoms with Gasteiger partial charge in [0.1, 0.15) is 4.92 Å². The molecule has 0 radical (unpaired) electrons. The maximum Gasteiger partial charge on any atom is 0.433 e. The normalized spacial score (nSPS) is 14.5. The van der Waals surface area contributed by atoms with Gasteiger partial charge < -0.3 is 14.2 Å². The molecule has 0 N–H and O–H groups in total. The molecule has 0 bridgehead atoms. The fourth-order valence-electron chi connectivity index (χ4n) is 4.08. The highest BCUT2D eigenvalue weighted by Gasteiger charge is 2.27. The number of anilines is 1. The van der Waals surface area contributed by atoms with E-state index in [1.165, 1.54) is 17.7 Å². The Morgan fingerprint density at radius 1 is 1.03 bits per heavy atom. The highest BCUT2D eigenvalue weighted by atomic mass is 16.6. The van der Waals surface area contributed by atoms with Crippen LogP contribution in [0.5, 0.6) is 0 Å². The number of benzene rings is 1. The van der Waals surface area contributed by atoms with Gasteiger partial charge in [-0.1, -0.05) is 45.0 Å². The molecule has 4 aromatic rings. The maximum absolute atomic E-state index is 12.7. The molecule has 1 fully saturated rings. The first-order valence-electron chi connectivity index (χ1n) is 11.3. The van der Waals surface area contributed by atoms with Crippen LogP contribution < -0.4 is 4.90 Å². The standard InChI is InChI=1S/C24H25N7O4/c1-24(2,3)17-6-4-16(5-7-17)18-10-11-25-22-26-23(27-30(18)22)29-14-12-28(13-15-29)21(32)19-8-9-20(35-19)31(33)34/h4-11H,12-15H2,1-3H3. The van der Waals surface area contributed by atoms with Gasteiger partial charge in [0.15, 0.2) is 5.76 Å². The van der Waals surface area contributed by atoms with Crippen molar-refractivity contribution in [2.45, 2.75) is 26.2 Å². The van der Waals surface area contributed by atoms with E-state index in [1.807, 2.05) is 11.0 Å². The number of nitrogens with zero attached hydrogens (tertiary/aromatic N) is 7. The summed E-state index contributed by atoms with van der Waals surface area (Å²) in [7, 11) is 0. The SMILES string of the molecule is CC(C)(C)c1ccc(-c2ccnc3nc(N4CCN(C(=O)c5ccc([N+](=O)[O-])o5)CC4)nn23)cc1. The largest absolute Gasteiger partial charge is 0.433 e. The van der Waals surface area contributed by atoms with Gasteiger partial charge in [0, 0.05) is 37.9 Å². The molecule has 1 aromatic carbocycles. The van der Waals surface area contributed by atoms with E-state index in [-0.39, 0.29) is 17.1 Å². The van der Waals surface area contributed by atoms with E-state index in [4.69, 9.17) is 9.52 Å². The zero-order valence-corrected chi connectivity index (χ0v) is 19.7. The Kier molecular flexibility index (Phi) is 5.46. The minimum Gasteiger partial charge on any atom is -0.395 e. The molecule has 11 nitrogen and oxygen atoms in total. The summed E-state index contributed by atoms with van der Waals surface area (Å²) in [5, 5.41) is 15.5. The average molecular weight is 476 g/mol. The Morgan fingerprint density at radius 3 is 2.37 bits per heavy atom. The topological polar surface area (TPSA) is 123 Å². The van der Waals surface area contributed by atoms with Crippen molar-refractivity contribution in [2.75, 3.05) is 31.1 Å². The number of piperazine rings is 1. The average Bonchev–Trinajstić information content (AvgIpc) is 3.51. The van der Waals surface area contributed by atoms with Crippen LogP contribution in [-0.4, -0.2) is 61.5 Å². The smallest absolute Gasteiger partial charge is 0.395 e. The van der Waals surface area contributed by atoms with Crippen molar-refractivity contribution in [3.8, 4) is 11.3 Å². The number of hydrogen-bond acceptors (Lipinski definition) is 8. The number of aromatic nitrogens is 4. The highest BCUT2D eigenvalue weighted by molar-refractivity contribution is 5.92. The predicted molar refractivity (Wildman–Crippen MR) is 128 cm³/mol. The van der Waals surface area contributed by atoms with Crippen LogP contribution in [0.15, 0.2) is 53.1 Å². The van der Waals surface area contributed by atoms with Crippen LogP contribution in [0.3, 0.4) is 0 Å². The van der Waals surface area contributed by atoms with Crippen LogP contribution in [0.25, 0.3) is 17.0 Å². The van der Waals surface area contributed by atoms with Crippen molar-refractivity contribution in [3.63, 3.8) is 0 Å². The van der Waals surface area contributed by atoms with E-state index < -0.39 is 10.8 Å². The fraction of sp³-hybridized carbons (Fsp3) is 0.333. The molecule has 35 heavy (non-hydrogen) atoms. The number of amides is 1. The van der Waals surface area contributed by atoms with Crippen molar-refractivity contribution in [3.05, 3.63) is 70.1 Å². The second kappa shape index (κ2) is 8.49. The third-order valence-electron chi connectivity index (χ3n) is 6.11. The first kappa shape index (κ1) is 22.5. The lowest BCUT2D eigenvalue weighted by molar-refractivity contribution is -0.402. The van der Waals surface area contributed by atoms with Crippen molar-refractivity contribution in [2.24, 2.45) is 0 Å². The van der Waals surface area contributed by atoms with Crippen LogP contribution in [0.4, 0.5) is 11.8 Å². The Balaban J connectivity index is 1.32. The second-order valence-corrected chi connectivity index (χ2v) is 9.46. The van der Waals surface area contributed by atoms with Gasteiger partial charge in [-0.3, -0.25) is 14.9 Å². The van der Waals surface area contributed by atoms with Crippen LogP contribution in [0, 0.1) is 10.1 Å². The molecule has 5 rings (SSSR count). The molecule has 180 valence electrons. The lowest BCUT2D eigenvalue weighted by Gasteiger charge is -2.33. The summed E-state index contributed by atoms with van der Waals surface area (Å²) < 4.78 is 6.79. The first-order chi connectivity index (χ1) is 16.7. The number of hydrogen-bond donors (Lipinski definition) is 0. The van der Waals surface area contributed by atoms with E-state index in [0.717, 1.165) is 11.3 Å². The van der Waals surface area contributed by atoms with E-state index in [9.17, 15) is 14.9 Å². The van der Waals surface area contributed by atoms with Gasteiger partial charge >= 0.3 is 5.88 Å². The summed E-state index contributed by atoms with van der Waals surface area (Å²) in [4.78, 5) is 35.4. The summed E-state index contributed by atoms with van der Waals surface area (Å²) in [6, 6.07) is 12.9. The molecule has 1 saturated heterocycles. The van der Waals surface area contributed by atoms with Crippen molar-refractivity contribution >= 4 is 23.5 Å². The lowest BCUT2D eigenvalue weighted by Crippen LogP contribution is -2.49. The van der Waals surface area contributed by atoms with E-state index in [0.29, 0.717) is 37.9 Å². The zero-order chi connectivity index (χ0) is 24.7. The van der Waals surface area contributed by atoms with Gasteiger partial charge in [0.05, 0.1) is 11.8 Å². The van der Waals surface area contributed by atoms with Gasteiger partial charge in [0.2, 0.25) is 5.95 Å². The van der Waals surface area contributed by atoms with Crippen molar-refractivity contribution < 1.29 is 14.1 Å².